The van der Waals surface area contributed by atoms with Gasteiger partial charge in [0.1, 0.15) is 11.4 Å². The largest absolute Gasteiger partial charge is 0.497 e. The molecular formula is C26H25N7O3. The van der Waals surface area contributed by atoms with Crippen molar-refractivity contribution >= 4 is 11.8 Å². The van der Waals surface area contributed by atoms with E-state index in [0.717, 1.165) is 17.9 Å². The Morgan fingerprint density at radius 1 is 1.11 bits per heavy atom. The third-order valence-corrected chi connectivity index (χ3v) is 10.2. The fourth-order valence-electron chi connectivity index (χ4n) is 9.20. The average Bonchev–Trinajstić information content (AvgIpc) is 3.35. The van der Waals surface area contributed by atoms with Gasteiger partial charge in [0, 0.05) is 23.2 Å². The number of tetrazole rings is 1. The molecule has 0 unspecified atom stereocenters. The minimum Gasteiger partial charge on any atom is -0.497 e. The highest BCUT2D eigenvalue weighted by Gasteiger charge is 3.11. The molecule has 2 aromatic heterocycles. The normalized spacial score (nSPS) is 36.8. The summed E-state index contributed by atoms with van der Waals surface area (Å²) in [7, 11) is 1.61. The van der Waals surface area contributed by atoms with Crippen LogP contribution in [0.2, 0.25) is 0 Å². The van der Waals surface area contributed by atoms with Gasteiger partial charge in [-0.05, 0) is 77.5 Å². The number of nitrogens with zero attached hydrogens (tertiary/aromatic N) is 5. The van der Waals surface area contributed by atoms with Crippen molar-refractivity contribution in [2.45, 2.75) is 20.0 Å². The number of aromatic nitrogens is 5. The number of carbonyl (C=O) groups excluding carboxylic acids is 2. The first kappa shape index (κ1) is 20.4. The van der Waals surface area contributed by atoms with E-state index >= 15 is 0 Å². The lowest BCUT2D eigenvalue weighted by atomic mass is 8.92. The van der Waals surface area contributed by atoms with E-state index < -0.39 is 0 Å². The molecule has 6 aliphatic carbocycles. The summed E-state index contributed by atoms with van der Waals surface area (Å²) in [5.41, 5.74) is 8.52. The number of hydrogen-bond donors (Lipinski definition) is 2. The predicted molar refractivity (Wildman–Crippen MR) is 125 cm³/mol. The number of methoxy groups -OCH3 is 1. The highest BCUT2D eigenvalue weighted by Crippen LogP contribution is 3.10. The molecule has 2 amide bonds. The SMILES string of the molecule is COc1cccc(CNC(=O)c2cc(-c3nnn(CC45C6C7C4C4C5C6C74C(N)=O)n3)cc(C)n2)c1. The van der Waals surface area contributed by atoms with Crippen molar-refractivity contribution in [1.29, 1.82) is 0 Å². The summed E-state index contributed by atoms with van der Waals surface area (Å²) in [5.74, 6) is 4.25. The lowest BCUT2D eigenvalue weighted by Crippen LogP contribution is -3.11. The van der Waals surface area contributed by atoms with Crippen LogP contribution < -0.4 is 15.8 Å². The quantitative estimate of drug-likeness (QED) is 0.491. The fraction of sp³-hybridized carbons (Fsp3) is 0.462. The highest BCUT2D eigenvalue weighted by atomic mass is 16.5. The second-order valence-corrected chi connectivity index (χ2v) is 11.1. The summed E-state index contributed by atoms with van der Waals surface area (Å²) < 4.78 is 5.24. The van der Waals surface area contributed by atoms with Crippen LogP contribution in [0.4, 0.5) is 0 Å². The maximum atomic E-state index is 12.8. The molecule has 0 saturated heterocycles. The van der Waals surface area contributed by atoms with Crippen molar-refractivity contribution < 1.29 is 14.3 Å². The number of rotatable bonds is 8. The summed E-state index contributed by atoms with van der Waals surface area (Å²) in [6.07, 6.45) is 0. The molecule has 3 aromatic rings. The number of carbonyl (C=O) groups is 2. The molecule has 182 valence electrons. The van der Waals surface area contributed by atoms with Crippen LogP contribution in [0.5, 0.6) is 5.75 Å². The van der Waals surface area contributed by atoms with E-state index in [1.807, 2.05) is 37.3 Å². The molecule has 0 aliphatic heterocycles. The molecule has 2 heterocycles. The molecule has 3 N–H and O–H groups in total. The second kappa shape index (κ2) is 6.29. The topological polar surface area (TPSA) is 138 Å². The van der Waals surface area contributed by atoms with E-state index in [1.165, 1.54) is 0 Å². The Bertz CT molecular complexity index is 1440. The Balaban J connectivity index is 0.973. The summed E-state index contributed by atoms with van der Waals surface area (Å²) >= 11 is 0. The molecule has 6 fully saturated rings. The lowest BCUT2D eigenvalue weighted by Gasteiger charge is -3.10. The first-order valence-corrected chi connectivity index (χ1v) is 12.4. The third-order valence-electron chi connectivity index (χ3n) is 10.2. The molecule has 0 radical (unpaired) electrons. The molecule has 0 bridgehead atoms. The second-order valence-electron chi connectivity index (χ2n) is 11.1. The summed E-state index contributed by atoms with van der Waals surface area (Å²) in [4.78, 5) is 30.9. The lowest BCUT2D eigenvalue weighted by molar-refractivity contribution is -0.644. The molecular weight excluding hydrogens is 458 g/mol. The number of hydrogen-bond acceptors (Lipinski definition) is 7. The Kier molecular flexibility index (Phi) is 3.56. The van der Waals surface area contributed by atoms with Gasteiger partial charge in [-0.1, -0.05) is 12.1 Å². The first-order valence-electron chi connectivity index (χ1n) is 12.4. The maximum absolute atomic E-state index is 12.8. The number of benzene rings is 1. The van der Waals surface area contributed by atoms with E-state index in [-0.39, 0.29) is 22.6 Å². The van der Waals surface area contributed by atoms with Gasteiger partial charge >= 0.3 is 0 Å². The third kappa shape index (κ3) is 2.01. The zero-order valence-corrected chi connectivity index (χ0v) is 19.9. The van der Waals surface area contributed by atoms with Crippen molar-refractivity contribution in [1.82, 2.24) is 30.5 Å². The molecule has 6 aliphatic rings. The van der Waals surface area contributed by atoms with E-state index in [0.29, 0.717) is 64.8 Å². The van der Waals surface area contributed by atoms with Gasteiger partial charge < -0.3 is 15.8 Å². The van der Waals surface area contributed by atoms with Gasteiger partial charge in [0.25, 0.3) is 5.91 Å². The van der Waals surface area contributed by atoms with Crippen molar-refractivity contribution in [3.05, 3.63) is 53.3 Å². The summed E-state index contributed by atoms with van der Waals surface area (Å²) in [6, 6.07) is 11.1. The fourth-order valence-corrected chi connectivity index (χ4v) is 9.20. The van der Waals surface area contributed by atoms with Gasteiger partial charge in [-0.3, -0.25) is 9.59 Å². The van der Waals surface area contributed by atoms with Crippen molar-refractivity contribution in [3.63, 3.8) is 0 Å². The monoisotopic (exact) mass is 483 g/mol. The average molecular weight is 484 g/mol. The molecule has 1 aromatic carbocycles. The molecule has 9 rings (SSSR count). The number of primary amides is 1. The Morgan fingerprint density at radius 3 is 2.56 bits per heavy atom. The smallest absolute Gasteiger partial charge is 0.270 e. The van der Waals surface area contributed by atoms with Crippen LogP contribution in [-0.4, -0.2) is 44.1 Å². The predicted octanol–water partition coefficient (Wildman–Crippen LogP) is 1.21. The molecule has 36 heavy (non-hydrogen) atoms. The number of nitrogens with one attached hydrogen (secondary N) is 1. The minimum absolute atomic E-state index is 0.0721. The highest BCUT2D eigenvalue weighted by molar-refractivity contribution is 5.93. The van der Waals surface area contributed by atoms with Crippen LogP contribution in [-0.2, 0) is 17.9 Å². The van der Waals surface area contributed by atoms with Crippen LogP contribution >= 0.6 is 0 Å². The van der Waals surface area contributed by atoms with Gasteiger partial charge in [0.05, 0.1) is 19.1 Å². The maximum Gasteiger partial charge on any atom is 0.270 e. The molecule has 0 atom stereocenters. The van der Waals surface area contributed by atoms with Crippen LogP contribution in [0.25, 0.3) is 11.4 Å². The van der Waals surface area contributed by atoms with Crippen molar-refractivity contribution in [2.24, 2.45) is 52.1 Å². The number of aryl methyl sites for hydroxylation is 1. The van der Waals surface area contributed by atoms with Crippen molar-refractivity contribution in [2.75, 3.05) is 7.11 Å². The van der Waals surface area contributed by atoms with Crippen LogP contribution in [0.3, 0.4) is 0 Å². The number of nitrogens with two attached hydrogens (primary N) is 1. The molecule has 10 nitrogen and oxygen atoms in total. The van der Waals surface area contributed by atoms with Crippen LogP contribution in [0, 0.1) is 53.3 Å². The van der Waals surface area contributed by atoms with Gasteiger partial charge in [0.2, 0.25) is 11.7 Å². The van der Waals surface area contributed by atoms with Gasteiger partial charge in [0.15, 0.2) is 0 Å². The Labute approximate surface area is 206 Å². The zero-order valence-electron chi connectivity index (χ0n) is 19.9. The van der Waals surface area contributed by atoms with Gasteiger partial charge in [-0.2, -0.15) is 4.80 Å². The van der Waals surface area contributed by atoms with Gasteiger partial charge in [-0.15, -0.1) is 10.2 Å². The van der Waals surface area contributed by atoms with Crippen LogP contribution in [0.1, 0.15) is 21.7 Å². The van der Waals surface area contributed by atoms with Gasteiger partial charge in [-0.25, -0.2) is 4.98 Å². The number of pyridine rings is 1. The summed E-state index contributed by atoms with van der Waals surface area (Å²) in [6.45, 7) is 2.95. The molecule has 6 saturated carbocycles. The van der Waals surface area contributed by atoms with Crippen molar-refractivity contribution in [3.8, 4) is 17.1 Å². The van der Waals surface area contributed by atoms with E-state index in [1.54, 1.807) is 18.0 Å². The van der Waals surface area contributed by atoms with E-state index in [9.17, 15) is 9.59 Å². The first-order chi connectivity index (χ1) is 17.4. The number of ether oxygens (including phenoxy) is 1. The molecule has 0 spiro atoms. The van der Waals surface area contributed by atoms with Crippen LogP contribution in [0.15, 0.2) is 36.4 Å². The standard InChI is InChI=1S/C26H25N7O3/c1-11-6-13(8-15(29-11)23(34)28-9-12-4-3-5-14(7-12)36-2)22-30-32-33(31-22)10-25-16-19-17(25)21-18(25)20(16)26(19,21)24(27)35/h3-8,16-21H,9-10H2,1-2H3,(H2,27,35)(H,28,34). The van der Waals surface area contributed by atoms with E-state index in [4.69, 9.17) is 10.5 Å². The zero-order chi connectivity index (χ0) is 24.6. The Morgan fingerprint density at radius 2 is 1.86 bits per heavy atom. The molecule has 10 heteroatoms. The summed E-state index contributed by atoms with van der Waals surface area (Å²) in [5, 5.41) is 16.2. The Hall–Kier alpha value is -3.82. The minimum atomic E-state index is -0.272. The van der Waals surface area contributed by atoms with E-state index in [2.05, 4.69) is 25.7 Å². The number of amides is 2.